The molecule has 0 aliphatic rings. The maximum Gasteiger partial charge on any atom is 0.193 e. The second-order valence-corrected chi connectivity index (χ2v) is 8.16. The molecule has 0 aromatic heterocycles. The summed E-state index contributed by atoms with van der Waals surface area (Å²) in [7, 11) is 0. The Hall–Kier alpha value is -0.670. The van der Waals surface area contributed by atoms with Crippen molar-refractivity contribution in [2.75, 3.05) is 26.2 Å². The van der Waals surface area contributed by atoms with E-state index in [0.29, 0.717) is 17.7 Å². The molecule has 0 radical (unpaired) electrons. The maximum absolute atomic E-state index is 12.7. The summed E-state index contributed by atoms with van der Waals surface area (Å²) in [6.07, 6.45) is 0. The van der Waals surface area contributed by atoms with E-state index in [1.54, 1.807) is 0 Å². The lowest BCUT2D eigenvalue weighted by Gasteiger charge is -2.19. The van der Waals surface area contributed by atoms with E-state index >= 15 is 0 Å². The molecule has 2 rings (SSSR count). The maximum atomic E-state index is 12.7. The molecule has 0 N–H and O–H groups in total. The van der Waals surface area contributed by atoms with Crippen LogP contribution in [0.1, 0.15) is 35.3 Å². The number of hydrogen-bond acceptors (Lipinski definition) is 3. The molecule has 0 unspecified atom stereocenters. The summed E-state index contributed by atoms with van der Waals surface area (Å²) in [5, 5.41) is 0. The normalized spacial score (nSPS) is 11.0. The zero-order chi connectivity index (χ0) is 18.4. The monoisotopic (exact) mass is 563 g/mol. The van der Waals surface area contributed by atoms with Gasteiger partial charge in [0.2, 0.25) is 0 Å². The minimum Gasteiger partial charge on any atom is -0.490 e. The number of halogens is 2. The second kappa shape index (κ2) is 9.87. The van der Waals surface area contributed by atoms with Crippen LogP contribution in [0.15, 0.2) is 36.4 Å². The molecule has 0 spiro atoms. The number of carbonyl (C=O) groups excluding carboxylic acids is 1. The Bertz CT molecular complexity index is 702. The van der Waals surface area contributed by atoms with Crippen LogP contribution < -0.4 is 4.74 Å². The van der Waals surface area contributed by atoms with Crippen LogP contribution >= 0.6 is 45.2 Å². The lowest BCUT2D eigenvalue weighted by atomic mass is 10.0. The standard InChI is InChI=1S/C20H23I2NO2/c1-4-23(5-2)10-11-25-20-17(21)12-16(13-18(20)22)19(24)15-8-6-14(3)7-9-15/h6-9,12-13H,4-5,10-11H2,1-3H3. The first-order valence-corrected chi connectivity index (χ1v) is 10.6. The van der Waals surface area contributed by atoms with Gasteiger partial charge in [-0.05, 0) is 77.3 Å². The van der Waals surface area contributed by atoms with E-state index in [1.807, 2.05) is 43.3 Å². The Labute approximate surface area is 177 Å². The van der Waals surface area contributed by atoms with Gasteiger partial charge in [-0.3, -0.25) is 4.79 Å². The van der Waals surface area contributed by atoms with E-state index in [1.165, 1.54) is 0 Å². The van der Waals surface area contributed by atoms with Gasteiger partial charge in [-0.2, -0.15) is 0 Å². The van der Waals surface area contributed by atoms with Gasteiger partial charge < -0.3 is 9.64 Å². The van der Waals surface area contributed by atoms with Crippen molar-refractivity contribution in [2.45, 2.75) is 20.8 Å². The lowest BCUT2D eigenvalue weighted by molar-refractivity contribution is 0.103. The lowest BCUT2D eigenvalue weighted by Crippen LogP contribution is -2.28. The van der Waals surface area contributed by atoms with Crippen LogP contribution in [0.4, 0.5) is 0 Å². The fraction of sp³-hybridized carbons (Fsp3) is 0.350. The molecule has 3 nitrogen and oxygen atoms in total. The van der Waals surface area contributed by atoms with E-state index in [4.69, 9.17) is 4.74 Å². The van der Waals surface area contributed by atoms with Crippen LogP contribution in [0.5, 0.6) is 5.75 Å². The molecule has 0 heterocycles. The van der Waals surface area contributed by atoms with Gasteiger partial charge in [0.05, 0.1) is 7.14 Å². The minimum absolute atomic E-state index is 0.0468. The number of rotatable bonds is 8. The molecule has 0 saturated carbocycles. The summed E-state index contributed by atoms with van der Waals surface area (Å²) in [6, 6.07) is 11.5. The van der Waals surface area contributed by atoms with Gasteiger partial charge in [0, 0.05) is 17.7 Å². The van der Waals surface area contributed by atoms with Gasteiger partial charge in [0.25, 0.3) is 0 Å². The first-order chi connectivity index (χ1) is 12.0. The minimum atomic E-state index is 0.0468. The van der Waals surface area contributed by atoms with Gasteiger partial charge in [0.1, 0.15) is 12.4 Å². The highest BCUT2D eigenvalue weighted by molar-refractivity contribution is 14.1. The summed E-state index contributed by atoms with van der Waals surface area (Å²) < 4.78 is 7.93. The van der Waals surface area contributed by atoms with E-state index in [0.717, 1.165) is 38.1 Å². The van der Waals surface area contributed by atoms with Crippen molar-refractivity contribution in [1.82, 2.24) is 4.90 Å². The van der Waals surface area contributed by atoms with Crippen molar-refractivity contribution in [3.8, 4) is 5.75 Å². The number of ketones is 1. The Kier molecular flexibility index (Phi) is 8.15. The van der Waals surface area contributed by atoms with Gasteiger partial charge in [-0.1, -0.05) is 43.7 Å². The van der Waals surface area contributed by atoms with E-state index < -0.39 is 0 Å². The quantitative estimate of drug-likeness (QED) is 0.329. The summed E-state index contributed by atoms with van der Waals surface area (Å²) in [4.78, 5) is 15.0. The van der Waals surface area contributed by atoms with Crippen LogP contribution in [0.25, 0.3) is 0 Å². The van der Waals surface area contributed by atoms with Crippen molar-refractivity contribution in [2.24, 2.45) is 0 Å². The van der Waals surface area contributed by atoms with Crippen LogP contribution in [0.3, 0.4) is 0 Å². The fourth-order valence-electron chi connectivity index (χ4n) is 2.52. The van der Waals surface area contributed by atoms with Gasteiger partial charge >= 0.3 is 0 Å². The first-order valence-electron chi connectivity index (χ1n) is 8.41. The van der Waals surface area contributed by atoms with Crippen LogP contribution in [-0.2, 0) is 0 Å². The number of likely N-dealkylation sites (N-methyl/N-ethyl adjacent to an activating group) is 1. The molecule has 134 valence electrons. The molecule has 0 aliphatic carbocycles. The summed E-state index contributed by atoms with van der Waals surface area (Å²) >= 11 is 4.50. The highest BCUT2D eigenvalue weighted by Crippen LogP contribution is 2.30. The van der Waals surface area contributed by atoms with Crippen molar-refractivity contribution >= 4 is 51.0 Å². The molecule has 0 saturated heterocycles. The molecular formula is C20H23I2NO2. The number of nitrogens with zero attached hydrogens (tertiary/aromatic N) is 1. The second-order valence-electron chi connectivity index (χ2n) is 5.84. The fourth-order valence-corrected chi connectivity index (χ4v) is 4.60. The van der Waals surface area contributed by atoms with Crippen molar-refractivity contribution in [1.29, 1.82) is 0 Å². The average Bonchev–Trinajstić information content (AvgIpc) is 2.60. The van der Waals surface area contributed by atoms with Crippen LogP contribution in [0.2, 0.25) is 0 Å². The SMILES string of the molecule is CCN(CC)CCOc1c(I)cc(C(=O)c2ccc(C)cc2)cc1I. The number of benzene rings is 2. The van der Waals surface area contributed by atoms with Gasteiger partial charge in [-0.25, -0.2) is 0 Å². The summed E-state index contributed by atoms with van der Waals surface area (Å²) in [6.45, 7) is 9.94. The van der Waals surface area contributed by atoms with Gasteiger partial charge in [0.15, 0.2) is 5.78 Å². The Balaban J connectivity index is 2.13. The Morgan fingerprint density at radius 1 is 1.00 bits per heavy atom. The van der Waals surface area contributed by atoms with Gasteiger partial charge in [-0.15, -0.1) is 0 Å². The van der Waals surface area contributed by atoms with Crippen LogP contribution in [-0.4, -0.2) is 36.9 Å². The zero-order valence-corrected chi connectivity index (χ0v) is 19.1. The third-order valence-electron chi connectivity index (χ3n) is 4.12. The highest BCUT2D eigenvalue weighted by Gasteiger charge is 2.15. The van der Waals surface area contributed by atoms with E-state index in [2.05, 4.69) is 63.9 Å². The van der Waals surface area contributed by atoms with Crippen LogP contribution in [0, 0.1) is 14.1 Å². The third kappa shape index (κ3) is 5.65. The molecule has 0 aliphatic heterocycles. The topological polar surface area (TPSA) is 29.5 Å². The first kappa shape index (κ1) is 20.6. The average molecular weight is 563 g/mol. The van der Waals surface area contributed by atoms with Crippen molar-refractivity contribution < 1.29 is 9.53 Å². The Morgan fingerprint density at radius 3 is 2.08 bits per heavy atom. The largest absolute Gasteiger partial charge is 0.490 e. The molecule has 5 heteroatoms. The predicted molar refractivity (Wildman–Crippen MR) is 120 cm³/mol. The Morgan fingerprint density at radius 2 is 1.56 bits per heavy atom. The summed E-state index contributed by atoms with van der Waals surface area (Å²) in [5.74, 6) is 0.916. The van der Waals surface area contributed by atoms with E-state index in [9.17, 15) is 4.79 Å². The zero-order valence-electron chi connectivity index (χ0n) is 14.8. The number of carbonyl (C=O) groups is 1. The molecule has 0 fully saturated rings. The molecule has 25 heavy (non-hydrogen) atoms. The van der Waals surface area contributed by atoms with Crippen molar-refractivity contribution in [3.05, 3.63) is 60.2 Å². The number of aryl methyl sites for hydroxylation is 1. The third-order valence-corrected chi connectivity index (χ3v) is 5.73. The highest BCUT2D eigenvalue weighted by atomic mass is 127. The van der Waals surface area contributed by atoms with E-state index in [-0.39, 0.29) is 5.78 Å². The van der Waals surface area contributed by atoms with Crippen molar-refractivity contribution in [3.63, 3.8) is 0 Å². The predicted octanol–water partition coefficient (Wildman–Crippen LogP) is 5.16. The molecule has 0 atom stereocenters. The molecule has 0 amide bonds. The molecule has 2 aromatic carbocycles. The number of hydrogen-bond donors (Lipinski definition) is 0. The summed E-state index contributed by atoms with van der Waals surface area (Å²) in [5.41, 5.74) is 2.57. The smallest absolute Gasteiger partial charge is 0.193 e. The molecular weight excluding hydrogens is 540 g/mol. The number of ether oxygens (including phenoxy) is 1. The molecule has 2 aromatic rings. The molecule has 0 bridgehead atoms.